The van der Waals surface area contributed by atoms with Gasteiger partial charge in [-0.25, -0.2) is 4.98 Å². The van der Waals surface area contributed by atoms with E-state index < -0.39 is 23.7 Å². The SMILES string of the molecule is CCc1ccccc1N(CC)c1ncc(C(F)(F)F)c(OC(C)C)n1. The van der Waals surface area contributed by atoms with Gasteiger partial charge in [0.1, 0.15) is 5.56 Å². The molecule has 1 aromatic heterocycles. The van der Waals surface area contributed by atoms with Crippen molar-refractivity contribution in [2.24, 2.45) is 0 Å². The molecule has 0 atom stereocenters. The van der Waals surface area contributed by atoms with Gasteiger partial charge in [0, 0.05) is 18.4 Å². The first-order chi connectivity index (χ1) is 11.8. The molecule has 0 saturated heterocycles. The summed E-state index contributed by atoms with van der Waals surface area (Å²) in [4.78, 5) is 9.81. The van der Waals surface area contributed by atoms with Crippen LogP contribution < -0.4 is 9.64 Å². The summed E-state index contributed by atoms with van der Waals surface area (Å²) in [5.74, 6) is -0.257. The van der Waals surface area contributed by atoms with Gasteiger partial charge in [0.05, 0.1) is 6.10 Å². The molecule has 0 saturated carbocycles. The summed E-state index contributed by atoms with van der Waals surface area (Å²) in [6, 6.07) is 7.70. The van der Waals surface area contributed by atoms with E-state index in [1.165, 1.54) is 0 Å². The van der Waals surface area contributed by atoms with E-state index in [9.17, 15) is 13.2 Å². The van der Waals surface area contributed by atoms with E-state index in [1.807, 2.05) is 38.1 Å². The number of halogens is 3. The minimum Gasteiger partial charge on any atom is -0.474 e. The first kappa shape index (κ1) is 19.0. The van der Waals surface area contributed by atoms with E-state index in [1.54, 1.807) is 18.7 Å². The molecule has 4 nitrogen and oxygen atoms in total. The predicted molar refractivity (Wildman–Crippen MR) is 91.3 cm³/mol. The highest BCUT2D eigenvalue weighted by atomic mass is 19.4. The molecule has 2 rings (SSSR count). The zero-order valence-electron chi connectivity index (χ0n) is 14.8. The molecular weight excluding hydrogens is 331 g/mol. The molecule has 0 fully saturated rings. The average Bonchev–Trinajstić information content (AvgIpc) is 2.54. The van der Waals surface area contributed by atoms with Gasteiger partial charge in [-0.2, -0.15) is 18.2 Å². The third-order valence-corrected chi connectivity index (χ3v) is 3.61. The Bertz CT molecular complexity index is 717. The van der Waals surface area contributed by atoms with Crippen LogP contribution >= 0.6 is 0 Å². The number of aryl methyl sites for hydroxylation is 1. The van der Waals surface area contributed by atoms with E-state index in [2.05, 4.69) is 9.97 Å². The maximum atomic E-state index is 13.2. The van der Waals surface area contributed by atoms with E-state index >= 15 is 0 Å². The number of anilines is 2. The van der Waals surface area contributed by atoms with E-state index in [-0.39, 0.29) is 5.95 Å². The molecule has 1 heterocycles. The van der Waals surface area contributed by atoms with Crippen LogP contribution in [-0.4, -0.2) is 22.6 Å². The number of para-hydroxylation sites is 1. The van der Waals surface area contributed by atoms with Gasteiger partial charge in [0.2, 0.25) is 11.8 Å². The van der Waals surface area contributed by atoms with Gasteiger partial charge in [0.15, 0.2) is 0 Å². The fourth-order valence-electron chi connectivity index (χ4n) is 2.49. The van der Waals surface area contributed by atoms with Crippen LogP contribution in [0.4, 0.5) is 24.8 Å². The highest BCUT2D eigenvalue weighted by Gasteiger charge is 2.37. The van der Waals surface area contributed by atoms with Gasteiger partial charge in [-0.1, -0.05) is 25.1 Å². The van der Waals surface area contributed by atoms with Gasteiger partial charge in [-0.3, -0.25) is 0 Å². The number of hydrogen-bond acceptors (Lipinski definition) is 4. The van der Waals surface area contributed by atoms with E-state index in [0.29, 0.717) is 6.54 Å². The van der Waals surface area contributed by atoms with Crippen molar-refractivity contribution in [3.8, 4) is 5.88 Å². The summed E-state index contributed by atoms with van der Waals surface area (Å²) in [5, 5.41) is 0. The molecular formula is C18H22F3N3O. The Balaban J connectivity index is 2.53. The minimum absolute atomic E-state index is 0.187. The lowest BCUT2D eigenvalue weighted by molar-refractivity contribution is -0.139. The number of alkyl halides is 3. The van der Waals surface area contributed by atoms with Crippen molar-refractivity contribution in [2.75, 3.05) is 11.4 Å². The van der Waals surface area contributed by atoms with Crippen LogP contribution in [0.2, 0.25) is 0 Å². The second-order valence-electron chi connectivity index (χ2n) is 5.78. The second kappa shape index (κ2) is 7.72. The number of nitrogens with zero attached hydrogens (tertiary/aromatic N) is 3. The molecule has 0 aliphatic rings. The molecule has 0 amide bonds. The Hall–Kier alpha value is -2.31. The van der Waals surface area contributed by atoms with Crippen LogP contribution in [-0.2, 0) is 12.6 Å². The molecule has 0 bridgehead atoms. The molecule has 0 radical (unpaired) electrons. The summed E-state index contributed by atoms with van der Waals surface area (Å²) in [5.41, 5.74) is 0.978. The van der Waals surface area contributed by atoms with Gasteiger partial charge >= 0.3 is 6.18 Å². The minimum atomic E-state index is -4.57. The summed E-state index contributed by atoms with van der Waals surface area (Å²) in [6.07, 6.45) is -3.41. The van der Waals surface area contributed by atoms with Crippen molar-refractivity contribution in [1.82, 2.24) is 9.97 Å². The second-order valence-corrected chi connectivity index (χ2v) is 5.78. The number of benzene rings is 1. The van der Waals surface area contributed by atoms with Crippen molar-refractivity contribution in [1.29, 1.82) is 0 Å². The van der Waals surface area contributed by atoms with Gasteiger partial charge in [-0.15, -0.1) is 0 Å². The molecule has 7 heteroatoms. The van der Waals surface area contributed by atoms with Crippen LogP contribution in [0.3, 0.4) is 0 Å². The van der Waals surface area contributed by atoms with Crippen LogP contribution in [0.15, 0.2) is 30.5 Å². The lowest BCUT2D eigenvalue weighted by Crippen LogP contribution is -2.22. The number of rotatable bonds is 6. The van der Waals surface area contributed by atoms with Crippen LogP contribution in [0, 0.1) is 0 Å². The number of aromatic nitrogens is 2. The molecule has 0 aliphatic heterocycles. The first-order valence-corrected chi connectivity index (χ1v) is 8.24. The van der Waals surface area contributed by atoms with Gasteiger partial charge in [-0.05, 0) is 38.8 Å². The lowest BCUT2D eigenvalue weighted by Gasteiger charge is -2.25. The topological polar surface area (TPSA) is 38.2 Å². The Morgan fingerprint density at radius 3 is 2.40 bits per heavy atom. The lowest BCUT2D eigenvalue weighted by atomic mass is 10.1. The van der Waals surface area contributed by atoms with E-state index in [4.69, 9.17) is 4.74 Å². The Kier molecular flexibility index (Phi) is 5.87. The Morgan fingerprint density at radius 1 is 1.16 bits per heavy atom. The van der Waals surface area contributed by atoms with Crippen LogP contribution in [0.25, 0.3) is 0 Å². The summed E-state index contributed by atoms with van der Waals surface area (Å²) < 4.78 is 44.8. The summed E-state index contributed by atoms with van der Waals surface area (Å²) in [6.45, 7) is 7.76. The molecule has 1 aromatic carbocycles. The molecule has 2 aromatic rings. The molecule has 0 N–H and O–H groups in total. The summed E-state index contributed by atoms with van der Waals surface area (Å²) in [7, 11) is 0. The smallest absolute Gasteiger partial charge is 0.423 e. The van der Waals surface area contributed by atoms with Crippen molar-refractivity contribution in [3.05, 3.63) is 41.6 Å². The van der Waals surface area contributed by atoms with Crippen LogP contribution in [0.1, 0.15) is 38.8 Å². The largest absolute Gasteiger partial charge is 0.474 e. The highest BCUT2D eigenvalue weighted by Crippen LogP contribution is 2.37. The highest BCUT2D eigenvalue weighted by molar-refractivity contribution is 5.62. The Labute approximate surface area is 145 Å². The molecule has 136 valence electrons. The fraction of sp³-hybridized carbons (Fsp3) is 0.444. The van der Waals surface area contributed by atoms with Crippen molar-refractivity contribution in [2.45, 2.75) is 46.4 Å². The monoisotopic (exact) mass is 353 g/mol. The molecule has 0 aliphatic carbocycles. The maximum Gasteiger partial charge on any atom is 0.423 e. The normalized spacial score (nSPS) is 11.7. The third kappa shape index (κ3) is 4.41. The predicted octanol–water partition coefficient (Wildman–Crippen LogP) is 5.00. The molecule has 0 unspecified atom stereocenters. The first-order valence-electron chi connectivity index (χ1n) is 8.24. The van der Waals surface area contributed by atoms with Gasteiger partial charge in [0.25, 0.3) is 0 Å². The standard InChI is InChI=1S/C18H22F3N3O/c1-5-13-9-7-8-10-15(13)24(6-2)17-22-11-14(18(19,20)21)16(23-17)25-12(3)4/h7-12H,5-6H2,1-4H3. The fourth-order valence-corrected chi connectivity index (χ4v) is 2.49. The Morgan fingerprint density at radius 2 is 1.84 bits per heavy atom. The molecule has 25 heavy (non-hydrogen) atoms. The maximum absolute atomic E-state index is 13.2. The zero-order chi connectivity index (χ0) is 18.6. The van der Waals surface area contributed by atoms with Crippen molar-refractivity contribution < 1.29 is 17.9 Å². The third-order valence-electron chi connectivity index (χ3n) is 3.61. The summed E-state index contributed by atoms with van der Waals surface area (Å²) >= 11 is 0. The number of hydrogen-bond donors (Lipinski definition) is 0. The zero-order valence-corrected chi connectivity index (χ0v) is 14.8. The van der Waals surface area contributed by atoms with Crippen LogP contribution in [0.5, 0.6) is 5.88 Å². The average molecular weight is 353 g/mol. The van der Waals surface area contributed by atoms with Crippen molar-refractivity contribution >= 4 is 11.6 Å². The number of ether oxygens (including phenoxy) is 1. The molecule has 0 spiro atoms. The van der Waals surface area contributed by atoms with Gasteiger partial charge < -0.3 is 9.64 Å². The quantitative estimate of drug-likeness (QED) is 0.732. The van der Waals surface area contributed by atoms with Crippen molar-refractivity contribution in [3.63, 3.8) is 0 Å². The van der Waals surface area contributed by atoms with E-state index in [0.717, 1.165) is 23.9 Å².